The molecule has 0 heterocycles. The third-order valence-electron chi connectivity index (χ3n) is 8.13. The molecule has 0 saturated heterocycles. The summed E-state index contributed by atoms with van der Waals surface area (Å²) in [6, 6.07) is 13.6. The topological polar surface area (TPSA) is 133 Å². The molecule has 0 aromatic heterocycles. The number of halogens is 1. The summed E-state index contributed by atoms with van der Waals surface area (Å²) in [7, 11) is 2.87. The summed E-state index contributed by atoms with van der Waals surface area (Å²) in [5.41, 5.74) is 2.45. The molecule has 0 radical (unpaired) electrons. The van der Waals surface area contributed by atoms with Crippen molar-refractivity contribution in [2.75, 3.05) is 47.3 Å². The number of hydrogen-bond acceptors (Lipinski definition) is 11. The van der Waals surface area contributed by atoms with Gasteiger partial charge >= 0.3 is 23.9 Å². The lowest BCUT2D eigenvalue weighted by atomic mass is 9.96. The van der Waals surface area contributed by atoms with Crippen molar-refractivity contribution in [1.29, 1.82) is 0 Å². The van der Waals surface area contributed by atoms with Gasteiger partial charge in [0.2, 0.25) is 0 Å². The molecule has 0 fully saturated rings. The molecule has 0 N–H and O–H groups in total. The molecule has 0 aliphatic carbocycles. The second-order valence-electron chi connectivity index (χ2n) is 12.6. The van der Waals surface area contributed by atoms with Crippen molar-refractivity contribution in [1.82, 2.24) is 0 Å². The molecule has 1 atom stereocenters. The third-order valence-corrected chi connectivity index (χ3v) is 8.79. The van der Waals surface area contributed by atoms with Gasteiger partial charge in [0.25, 0.3) is 0 Å². The van der Waals surface area contributed by atoms with E-state index in [0.717, 1.165) is 23.7 Å². The Hall–Kier alpha value is -4.58. The Kier molecular flexibility index (Phi) is 20.2. The molecule has 3 aromatic carbocycles. The Morgan fingerprint density at radius 1 is 0.593 bits per heavy atom. The van der Waals surface area contributed by atoms with Crippen LogP contribution >= 0.6 is 15.9 Å². The molecule has 0 bridgehead atoms. The Morgan fingerprint density at radius 2 is 1.06 bits per heavy atom. The number of methoxy groups -OCH3 is 2. The van der Waals surface area contributed by atoms with E-state index in [-0.39, 0.29) is 49.1 Å². The molecule has 0 saturated carbocycles. The highest BCUT2D eigenvalue weighted by Gasteiger charge is 2.23. The molecule has 3 aromatic rings. The fourth-order valence-corrected chi connectivity index (χ4v) is 5.82. The van der Waals surface area contributed by atoms with Gasteiger partial charge in [-0.2, -0.15) is 0 Å². The first kappa shape index (κ1) is 45.6. The van der Waals surface area contributed by atoms with E-state index in [9.17, 15) is 19.2 Å². The van der Waals surface area contributed by atoms with Crippen molar-refractivity contribution >= 4 is 39.8 Å². The lowest BCUT2D eigenvalue weighted by Gasteiger charge is -2.16. The molecule has 0 amide bonds. The number of ether oxygens (including phenoxy) is 7. The summed E-state index contributed by atoms with van der Waals surface area (Å²) in [6.07, 6.45) is 4.75. The molecule has 0 aliphatic rings. The fraction of sp³-hybridized carbons (Fsp3) is 0.476. The second kappa shape index (κ2) is 24.0. The van der Waals surface area contributed by atoms with Crippen LogP contribution in [0.5, 0.6) is 17.2 Å². The normalized spacial score (nSPS) is 11.1. The Bertz CT molecular complexity index is 1670. The van der Waals surface area contributed by atoms with E-state index in [0.29, 0.717) is 33.7 Å². The lowest BCUT2D eigenvalue weighted by molar-refractivity contribution is 0.0507. The van der Waals surface area contributed by atoms with Gasteiger partial charge in [-0.15, -0.1) is 0 Å². The average molecular weight is 816 g/mol. The smallest absolute Gasteiger partial charge is 0.341 e. The van der Waals surface area contributed by atoms with E-state index >= 15 is 0 Å². The van der Waals surface area contributed by atoms with E-state index in [4.69, 9.17) is 33.2 Å². The Balaban J connectivity index is 0.000000447. The van der Waals surface area contributed by atoms with Gasteiger partial charge in [-0.25, -0.2) is 19.2 Å². The molecular weight excluding hydrogens is 760 g/mol. The van der Waals surface area contributed by atoms with Crippen LogP contribution in [0.25, 0.3) is 11.1 Å². The van der Waals surface area contributed by atoms with Crippen LogP contribution in [0.3, 0.4) is 0 Å². The van der Waals surface area contributed by atoms with Crippen LogP contribution in [-0.2, 0) is 18.9 Å². The van der Waals surface area contributed by atoms with Crippen molar-refractivity contribution in [2.45, 2.75) is 74.1 Å². The van der Waals surface area contributed by atoms with Crippen molar-refractivity contribution < 1.29 is 52.3 Å². The minimum absolute atomic E-state index is 0.235. The first-order chi connectivity index (χ1) is 25.8. The maximum Gasteiger partial charge on any atom is 0.341 e. The number of benzene rings is 3. The summed E-state index contributed by atoms with van der Waals surface area (Å²) in [5, 5.41) is 0. The minimum atomic E-state index is -0.511. The molecule has 0 aliphatic heterocycles. The Labute approximate surface area is 328 Å². The maximum absolute atomic E-state index is 12.7. The first-order valence-corrected chi connectivity index (χ1v) is 19.2. The summed E-state index contributed by atoms with van der Waals surface area (Å²) < 4.78 is 37.1. The van der Waals surface area contributed by atoms with Gasteiger partial charge in [-0.05, 0) is 109 Å². The van der Waals surface area contributed by atoms with E-state index in [1.165, 1.54) is 51.7 Å². The molecule has 0 spiro atoms. The highest BCUT2D eigenvalue weighted by atomic mass is 79.9. The van der Waals surface area contributed by atoms with Gasteiger partial charge in [0.15, 0.2) is 0 Å². The second-order valence-corrected chi connectivity index (χ2v) is 13.5. The molecule has 296 valence electrons. The van der Waals surface area contributed by atoms with Crippen molar-refractivity contribution in [2.24, 2.45) is 11.8 Å². The number of carbonyl (C=O) groups is 4. The third kappa shape index (κ3) is 14.0. The molecule has 54 heavy (non-hydrogen) atoms. The SMILES string of the molecule is CCOC(=O)c1cc(-c2ccc(OCCC(C)CCCC(C)C)cc2)c(C(=O)OCC)cc1OC.CCOC(=O)c1cc(OC)c(C(=O)OCC)cc1Br. The van der Waals surface area contributed by atoms with E-state index in [2.05, 4.69) is 36.7 Å². The van der Waals surface area contributed by atoms with Gasteiger partial charge in [0.1, 0.15) is 28.4 Å². The van der Waals surface area contributed by atoms with Gasteiger partial charge in [-0.3, -0.25) is 0 Å². The minimum Gasteiger partial charge on any atom is -0.496 e. The number of hydrogen-bond donors (Lipinski definition) is 0. The maximum atomic E-state index is 12.7. The van der Waals surface area contributed by atoms with Gasteiger partial charge in [0, 0.05) is 4.47 Å². The number of carbonyl (C=O) groups excluding carboxylic acids is 4. The zero-order chi connectivity index (χ0) is 40.2. The fourth-order valence-electron chi connectivity index (χ4n) is 5.32. The predicted molar refractivity (Wildman–Crippen MR) is 211 cm³/mol. The quantitative estimate of drug-likeness (QED) is 0.0846. The molecule has 3 rings (SSSR count). The van der Waals surface area contributed by atoms with Gasteiger partial charge < -0.3 is 33.2 Å². The standard InChI is InChI=1S/C29H40O6.C13H15BrO5/c1-7-33-28(30)25-19-27(32-6)26(29(31)34-8-2)18-24(25)22-12-14-23(15-13-22)35-17-16-21(5)11-9-10-20(3)4;1-4-18-12(15)8-7-11(17-3)9(6-10(8)14)13(16)19-5-2/h12-15,18-21H,7-11,16-17H2,1-6H3;6-7H,4-5H2,1-3H3. The van der Waals surface area contributed by atoms with Crippen LogP contribution in [0, 0.1) is 11.8 Å². The van der Waals surface area contributed by atoms with Crippen LogP contribution in [0.15, 0.2) is 53.0 Å². The highest BCUT2D eigenvalue weighted by Crippen LogP contribution is 2.33. The van der Waals surface area contributed by atoms with Crippen LogP contribution in [0.2, 0.25) is 0 Å². The number of esters is 4. The van der Waals surface area contributed by atoms with Crippen molar-refractivity contribution in [3.8, 4) is 28.4 Å². The van der Waals surface area contributed by atoms with Crippen molar-refractivity contribution in [3.63, 3.8) is 0 Å². The monoisotopic (exact) mass is 814 g/mol. The summed E-state index contributed by atoms with van der Waals surface area (Å²) >= 11 is 3.24. The van der Waals surface area contributed by atoms with Crippen LogP contribution in [0.1, 0.15) is 116 Å². The summed E-state index contributed by atoms with van der Waals surface area (Å²) in [6.45, 7) is 15.4. The number of rotatable bonds is 19. The van der Waals surface area contributed by atoms with Crippen molar-refractivity contribution in [3.05, 3.63) is 75.3 Å². The van der Waals surface area contributed by atoms with Crippen LogP contribution in [0.4, 0.5) is 0 Å². The van der Waals surface area contributed by atoms with E-state index < -0.39 is 23.9 Å². The predicted octanol–water partition coefficient (Wildman–Crippen LogP) is 9.76. The molecule has 11 nitrogen and oxygen atoms in total. The largest absolute Gasteiger partial charge is 0.496 e. The Morgan fingerprint density at radius 3 is 1.54 bits per heavy atom. The average Bonchev–Trinajstić information content (AvgIpc) is 3.15. The molecule has 1 unspecified atom stereocenters. The van der Waals surface area contributed by atoms with E-state index in [1.54, 1.807) is 33.8 Å². The van der Waals surface area contributed by atoms with Gasteiger partial charge in [0.05, 0.1) is 58.4 Å². The zero-order valence-corrected chi connectivity index (χ0v) is 34.6. The zero-order valence-electron chi connectivity index (χ0n) is 33.0. The first-order valence-electron chi connectivity index (χ1n) is 18.4. The van der Waals surface area contributed by atoms with E-state index in [1.807, 2.05) is 24.3 Å². The lowest BCUT2D eigenvalue weighted by Crippen LogP contribution is -2.11. The molecular formula is C42H55BrO11. The van der Waals surface area contributed by atoms with Crippen LogP contribution in [-0.4, -0.2) is 71.1 Å². The molecule has 12 heteroatoms. The summed E-state index contributed by atoms with van der Waals surface area (Å²) in [4.78, 5) is 48.6. The highest BCUT2D eigenvalue weighted by molar-refractivity contribution is 9.10. The van der Waals surface area contributed by atoms with Crippen LogP contribution < -0.4 is 14.2 Å². The summed E-state index contributed by atoms with van der Waals surface area (Å²) in [5.74, 6) is 0.688. The van der Waals surface area contributed by atoms with Gasteiger partial charge in [-0.1, -0.05) is 52.2 Å².